The van der Waals surface area contributed by atoms with E-state index in [1.807, 2.05) is 36.9 Å². The van der Waals surface area contributed by atoms with Crippen LogP contribution < -0.4 is 5.32 Å². The Balaban J connectivity index is 1.56. The van der Waals surface area contributed by atoms with Crippen molar-refractivity contribution in [2.45, 2.75) is 46.0 Å². The summed E-state index contributed by atoms with van der Waals surface area (Å²) in [5.41, 5.74) is 4.02. The summed E-state index contributed by atoms with van der Waals surface area (Å²) in [5, 5.41) is 6.05. The number of thiazole rings is 1. The predicted octanol–water partition coefficient (Wildman–Crippen LogP) is 3.46. The number of hydrogen-bond acceptors (Lipinski definition) is 4. The summed E-state index contributed by atoms with van der Waals surface area (Å²) in [6, 6.07) is 6.06. The minimum Gasteiger partial charge on any atom is -0.356 e. The van der Waals surface area contributed by atoms with Gasteiger partial charge >= 0.3 is 0 Å². The van der Waals surface area contributed by atoms with Crippen molar-refractivity contribution in [2.75, 3.05) is 19.6 Å². The second kappa shape index (κ2) is 8.65. The average Bonchev–Trinajstić information content (AvgIpc) is 3.12. The first-order valence-electron chi connectivity index (χ1n) is 9.49. The Hall–Kier alpha value is -2.21. The number of carbonyl (C=O) groups is 2. The molecule has 0 spiro atoms. The van der Waals surface area contributed by atoms with Crippen LogP contribution in [0, 0.1) is 13.8 Å². The lowest BCUT2D eigenvalue weighted by atomic mass is 9.96. The minimum atomic E-state index is -0.00802. The number of nitrogens with one attached hydrogen (secondary N) is 1. The molecule has 1 fully saturated rings. The molecule has 2 aromatic rings. The van der Waals surface area contributed by atoms with Gasteiger partial charge in [0.1, 0.15) is 0 Å². The number of hydrogen-bond donors (Lipinski definition) is 1. The Labute approximate surface area is 164 Å². The smallest absolute Gasteiger partial charge is 0.254 e. The van der Waals surface area contributed by atoms with Gasteiger partial charge in [-0.15, -0.1) is 11.3 Å². The molecule has 0 aliphatic carbocycles. The molecule has 2 amide bonds. The quantitative estimate of drug-likeness (QED) is 0.857. The molecule has 0 bridgehead atoms. The third-order valence-electron chi connectivity index (χ3n) is 5.08. The van der Waals surface area contributed by atoms with E-state index in [1.165, 1.54) is 6.92 Å². The second-order valence-electron chi connectivity index (χ2n) is 7.29. The zero-order chi connectivity index (χ0) is 19.4. The molecule has 27 heavy (non-hydrogen) atoms. The van der Waals surface area contributed by atoms with Gasteiger partial charge in [0.15, 0.2) is 0 Å². The van der Waals surface area contributed by atoms with Crippen LogP contribution in [0.4, 0.5) is 0 Å². The van der Waals surface area contributed by atoms with Gasteiger partial charge in [-0.2, -0.15) is 0 Å². The Morgan fingerprint density at radius 3 is 2.70 bits per heavy atom. The number of piperidine rings is 1. The lowest BCUT2D eigenvalue weighted by Gasteiger charge is -2.31. The van der Waals surface area contributed by atoms with Crippen molar-refractivity contribution in [2.24, 2.45) is 0 Å². The average molecular weight is 386 g/mol. The van der Waals surface area contributed by atoms with Crippen molar-refractivity contribution in [1.29, 1.82) is 0 Å². The second-order valence-corrected chi connectivity index (χ2v) is 8.18. The first-order valence-corrected chi connectivity index (χ1v) is 10.4. The molecule has 1 aliphatic rings. The number of benzene rings is 1. The molecule has 1 N–H and O–H groups in total. The van der Waals surface area contributed by atoms with Crippen molar-refractivity contribution in [3.63, 3.8) is 0 Å². The maximum Gasteiger partial charge on any atom is 0.254 e. The maximum absolute atomic E-state index is 12.9. The van der Waals surface area contributed by atoms with E-state index < -0.39 is 0 Å². The lowest BCUT2D eigenvalue weighted by Crippen LogP contribution is -2.38. The van der Waals surface area contributed by atoms with E-state index >= 15 is 0 Å². The Kier molecular flexibility index (Phi) is 6.26. The van der Waals surface area contributed by atoms with Gasteiger partial charge in [-0.3, -0.25) is 9.59 Å². The number of carbonyl (C=O) groups excluding carboxylic acids is 2. The standard InChI is InChI=1S/C21H27N3O2S/c1-14-4-5-15(2)19(12-14)21(26)24-10-7-17(8-11-24)20-23-18(13-27-20)6-9-22-16(3)25/h4-5,12-13,17H,6-11H2,1-3H3,(H,22,25). The summed E-state index contributed by atoms with van der Waals surface area (Å²) < 4.78 is 0. The number of likely N-dealkylation sites (tertiary alicyclic amines) is 1. The fourth-order valence-corrected chi connectivity index (χ4v) is 4.48. The number of amides is 2. The normalized spacial score (nSPS) is 15.0. The van der Waals surface area contributed by atoms with Crippen molar-refractivity contribution in [1.82, 2.24) is 15.2 Å². The molecule has 1 saturated heterocycles. The molecule has 0 saturated carbocycles. The van der Waals surface area contributed by atoms with Crippen molar-refractivity contribution in [3.8, 4) is 0 Å². The molecule has 1 aromatic carbocycles. The van der Waals surface area contributed by atoms with Gasteiger partial charge in [-0.05, 0) is 38.3 Å². The van der Waals surface area contributed by atoms with Gasteiger partial charge in [-0.1, -0.05) is 17.7 Å². The summed E-state index contributed by atoms with van der Waals surface area (Å²) >= 11 is 1.70. The van der Waals surface area contributed by atoms with Crippen molar-refractivity contribution < 1.29 is 9.59 Å². The molecule has 1 aliphatic heterocycles. The third kappa shape index (κ3) is 4.95. The number of nitrogens with zero attached hydrogens (tertiary/aromatic N) is 2. The highest BCUT2D eigenvalue weighted by atomic mass is 32.1. The summed E-state index contributed by atoms with van der Waals surface area (Å²) in [4.78, 5) is 30.5. The van der Waals surface area contributed by atoms with E-state index in [0.29, 0.717) is 12.5 Å². The minimum absolute atomic E-state index is 0.00802. The Morgan fingerprint density at radius 2 is 2.00 bits per heavy atom. The predicted molar refractivity (Wildman–Crippen MR) is 108 cm³/mol. The van der Waals surface area contributed by atoms with Gasteiger partial charge in [0.25, 0.3) is 5.91 Å². The topological polar surface area (TPSA) is 62.3 Å². The molecular weight excluding hydrogens is 358 g/mol. The van der Waals surface area contributed by atoms with Crippen LogP contribution >= 0.6 is 11.3 Å². The van der Waals surface area contributed by atoms with Crippen LogP contribution in [0.25, 0.3) is 0 Å². The lowest BCUT2D eigenvalue weighted by molar-refractivity contribution is -0.118. The Morgan fingerprint density at radius 1 is 1.26 bits per heavy atom. The zero-order valence-corrected chi connectivity index (χ0v) is 17.1. The fraction of sp³-hybridized carbons (Fsp3) is 0.476. The van der Waals surface area contributed by atoms with Gasteiger partial charge in [-0.25, -0.2) is 4.98 Å². The van der Waals surface area contributed by atoms with Crippen LogP contribution in [-0.2, 0) is 11.2 Å². The molecular formula is C21H27N3O2S. The van der Waals surface area contributed by atoms with Gasteiger partial charge in [0.05, 0.1) is 10.7 Å². The molecule has 0 atom stereocenters. The van der Waals surface area contributed by atoms with E-state index in [4.69, 9.17) is 4.98 Å². The van der Waals surface area contributed by atoms with Crippen LogP contribution in [0.5, 0.6) is 0 Å². The zero-order valence-electron chi connectivity index (χ0n) is 16.2. The van der Waals surface area contributed by atoms with Crippen LogP contribution in [0.3, 0.4) is 0 Å². The van der Waals surface area contributed by atoms with E-state index in [-0.39, 0.29) is 11.8 Å². The van der Waals surface area contributed by atoms with Crippen LogP contribution in [0.2, 0.25) is 0 Å². The van der Waals surface area contributed by atoms with Crippen LogP contribution in [0.15, 0.2) is 23.6 Å². The highest BCUT2D eigenvalue weighted by Gasteiger charge is 2.27. The van der Waals surface area contributed by atoms with E-state index in [0.717, 1.165) is 59.7 Å². The molecule has 2 heterocycles. The third-order valence-corrected chi connectivity index (χ3v) is 6.14. The first-order chi connectivity index (χ1) is 12.9. The van der Waals surface area contributed by atoms with Crippen molar-refractivity contribution >= 4 is 23.2 Å². The van der Waals surface area contributed by atoms with Gasteiger partial charge in [0, 0.05) is 49.8 Å². The summed E-state index contributed by atoms with van der Waals surface area (Å²) in [6.45, 7) is 7.72. The number of rotatable bonds is 5. The highest BCUT2D eigenvalue weighted by molar-refractivity contribution is 7.09. The summed E-state index contributed by atoms with van der Waals surface area (Å²) in [7, 11) is 0. The SMILES string of the molecule is CC(=O)NCCc1csc(C2CCN(C(=O)c3cc(C)ccc3C)CC2)n1. The molecule has 144 valence electrons. The maximum atomic E-state index is 12.9. The molecule has 3 rings (SSSR count). The molecule has 1 aromatic heterocycles. The van der Waals surface area contributed by atoms with E-state index in [2.05, 4.69) is 10.7 Å². The fourth-order valence-electron chi connectivity index (χ4n) is 3.46. The van der Waals surface area contributed by atoms with E-state index in [1.54, 1.807) is 11.3 Å². The number of aryl methyl sites for hydroxylation is 2. The largest absolute Gasteiger partial charge is 0.356 e. The first kappa shape index (κ1) is 19.5. The molecule has 0 radical (unpaired) electrons. The monoisotopic (exact) mass is 385 g/mol. The highest BCUT2D eigenvalue weighted by Crippen LogP contribution is 2.31. The van der Waals surface area contributed by atoms with Crippen molar-refractivity contribution in [3.05, 3.63) is 51.0 Å². The van der Waals surface area contributed by atoms with Crippen LogP contribution in [0.1, 0.15) is 57.9 Å². The van der Waals surface area contributed by atoms with Gasteiger partial charge in [0.2, 0.25) is 5.91 Å². The number of aromatic nitrogens is 1. The Bertz CT molecular complexity index is 823. The van der Waals surface area contributed by atoms with Crippen LogP contribution in [-0.4, -0.2) is 41.3 Å². The van der Waals surface area contributed by atoms with Gasteiger partial charge < -0.3 is 10.2 Å². The summed E-state index contributed by atoms with van der Waals surface area (Å²) in [5.74, 6) is 0.559. The van der Waals surface area contributed by atoms with E-state index in [9.17, 15) is 9.59 Å². The molecule has 0 unspecified atom stereocenters. The molecule has 6 heteroatoms. The molecule has 5 nitrogen and oxygen atoms in total. The summed E-state index contributed by atoms with van der Waals surface area (Å²) in [6.07, 6.45) is 2.67.